The van der Waals surface area contributed by atoms with E-state index in [-0.39, 0.29) is 0 Å². The number of benzene rings is 1. The molecule has 0 unspecified atom stereocenters. The number of pyridine rings is 1. The van der Waals surface area contributed by atoms with Crippen LogP contribution in [0.15, 0.2) is 53.0 Å². The summed E-state index contributed by atoms with van der Waals surface area (Å²) in [5, 5.41) is 5.66. The van der Waals surface area contributed by atoms with Gasteiger partial charge in [0.15, 0.2) is 0 Å². The number of hydrogen-bond acceptors (Lipinski definition) is 5. The molecule has 0 aliphatic carbocycles. The second kappa shape index (κ2) is 10.6. The number of aromatic nitrogens is 1. The van der Waals surface area contributed by atoms with Crippen LogP contribution < -0.4 is 5.32 Å². The lowest BCUT2D eigenvalue weighted by molar-refractivity contribution is -0.109. The number of thiophene rings is 1. The summed E-state index contributed by atoms with van der Waals surface area (Å²) in [5.41, 5.74) is 4.26. The molecule has 0 atom stereocenters. The number of nitrogens with zero attached hydrogens (tertiary/aromatic N) is 2. The molecule has 27 heavy (non-hydrogen) atoms. The third-order valence-electron chi connectivity index (χ3n) is 3.65. The number of carbonyl (C=O) groups excluding carboxylic acids is 1. The van der Waals surface area contributed by atoms with Crippen LogP contribution in [0.1, 0.15) is 24.3 Å². The van der Waals surface area contributed by atoms with E-state index in [1.54, 1.807) is 17.5 Å². The summed E-state index contributed by atoms with van der Waals surface area (Å²) in [6, 6.07) is 12.5. The van der Waals surface area contributed by atoms with E-state index in [0.717, 1.165) is 31.9 Å². The molecule has 0 aliphatic rings. The standard InChI is InChI=1S/C19H17N3OS2.C2H6/c1-13-5-7-14(8-6-13)17-15-4-3-9-22-19(15)25-18(17)16(20-2)10-24-12-21-11-23;1-2/h3-11H,2,12H2,1H3,(H,21,23);1-2H3/b16-10-;. The molecule has 0 bridgehead atoms. The van der Waals surface area contributed by atoms with Crippen molar-refractivity contribution in [2.75, 3.05) is 5.88 Å². The average molecular weight is 398 g/mol. The fraction of sp³-hybridized carbons (Fsp3) is 0.190. The van der Waals surface area contributed by atoms with Gasteiger partial charge in [-0.25, -0.2) is 4.98 Å². The number of aliphatic imine (C=N–C) groups is 1. The first-order valence-corrected chi connectivity index (χ1v) is 10.5. The summed E-state index contributed by atoms with van der Waals surface area (Å²) in [7, 11) is 0. The number of fused-ring (bicyclic) bond motifs is 1. The van der Waals surface area contributed by atoms with Crippen molar-refractivity contribution in [2.24, 2.45) is 4.99 Å². The van der Waals surface area contributed by atoms with Crippen LogP contribution in [-0.4, -0.2) is 24.0 Å². The summed E-state index contributed by atoms with van der Waals surface area (Å²) >= 11 is 3.07. The monoisotopic (exact) mass is 397 g/mol. The quantitative estimate of drug-likeness (QED) is 0.240. The minimum Gasteiger partial charge on any atom is -0.349 e. The van der Waals surface area contributed by atoms with Crippen LogP contribution in [0.2, 0.25) is 0 Å². The van der Waals surface area contributed by atoms with Gasteiger partial charge in [0.1, 0.15) is 4.83 Å². The van der Waals surface area contributed by atoms with Crippen molar-refractivity contribution in [3.63, 3.8) is 0 Å². The van der Waals surface area contributed by atoms with Crippen molar-refractivity contribution >= 4 is 52.1 Å². The number of hydrogen-bond donors (Lipinski definition) is 1. The van der Waals surface area contributed by atoms with Crippen molar-refractivity contribution in [1.29, 1.82) is 0 Å². The number of rotatable bonds is 7. The van der Waals surface area contributed by atoms with Gasteiger partial charge in [0.25, 0.3) is 0 Å². The SMILES string of the molecule is C=N/C(=C\SCNC=O)c1sc2ncccc2c1-c1ccc(C)cc1.CC. The number of amides is 1. The van der Waals surface area contributed by atoms with E-state index >= 15 is 0 Å². The molecule has 0 fully saturated rings. The number of nitrogens with one attached hydrogen (secondary N) is 1. The molecule has 0 radical (unpaired) electrons. The van der Waals surface area contributed by atoms with E-state index in [4.69, 9.17) is 0 Å². The molecule has 0 aliphatic heterocycles. The molecule has 0 saturated heterocycles. The molecule has 4 nitrogen and oxygen atoms in total. The number of aryl methyl sites for hydroxylation is 1. The molecule has 1 aromatic carbocycles. The van der Waals surface area contributed by atoms with E-state index in [9.17, 15) is 4.79 Å². The van der Waals surface area contributed by atoms with Crippen LogP contribution in [0.3, 0.4) is 0 Å². The maximum atomic E-state index is 10.4. The van der Waals surface area contributed by atoms with Gasteiger partial charge in [-0.1, -0.05) is 43.7 Å². The van der Waals surface area contributed by atoms with Crippen molar-refractivity contribution < 1.29 is 4.79 Å². The van der Waals surface area contributed by atoms with Crippen LogP contribution in [0.25, 0.3) is 27.0 Å². The van der Waals surface area contributed by atoms with Gasteiger partial charge in [0, 0.05) is 17.1 Å². The molecule has 3 rings (SSSR count). The number of thioether (sulfide) groups is 1. The third-order valence-corrected chi connectivity index (χ3v) is 5.51. The van der Waals surface area contributed by atoms with Crippen LogP contribution in [0.5, 0.6) is 0 Å². The highest BCUT2D eigenvalue weighted by molar-refractivity contribution is 8.02. The second-order valence-corrected chi connectivity index (χ2v) is 7.18. The molecule has 1 N–H and O–H groups in total. The Bertz CT molecular complexity index is 930. The van der Waals surface area contributed by atoms with Crippen LogP contribution in [-0.2, 0) is 4.79 Å². The van der Waals surface area contributed by atoms with Gasteiger partial charge in [-0.3, -0.25) is 9.79 Å². The zero-order valence-electron chi connectivity index (χ0n) is 15.7. The third kappa shape index (κ3) is 5.05. The lowest BCUT2D eigenvalue weighted by atomic mass is 10.0. The molecule has 1 amide bonds. The second-order valence-electron chi connectivity index (χ2n) is 5.32. The molecular weight excluding hydrogens is 374 g/mol. The lowest BCUT2D eigenvalue weighted by Gasteiger charge is -2.06. The van der Waals surface area contributed by atoms with Gasteiger partial charge in [-0.2, -0.15) is 0 Å². The topological polar surface area (TPSA) is 54.4 Å². The van der Waals surface area contributed by atoms with E-state index in [2.05, 4.69) is 59.3 Å². The Morgan fingerprint density at radius 3 is 2.70 bits per heavy atom. The molecule has 2 heterocycles. The van der Waals surface area contributed by atoms with Crippen LogP contribution >= 0.6 is 23.1 Å². The predicted molar refractivity (Wildman–Crippen MR) is 120 cm³/mol. The van der Waals surface area contributed by atoms with Gasteiger partial charge in [-0.15, -0.1) is 23.1 Å². The van der Waals surface area contributed by atoms with Crippen LogP contribution in [0, 0.1) is 6.92 Å². The number of carbonyl (C=O) groups is 1. The molecule has 140 valence electrons. The Balaban J connectivity index is 0.00000126. The highest BCUT2D eigenvalue weighted by Gasteiger charge is 2.17. The molecule has 0 saturated carbocycles. The van der Waals surface area contributed by atoms with Gasteiger partial charge in [0.2, 0.25) is 6.41 Å². The zero-order chi connectivity index (χ0) is 19.6. The summed E-state index contributed by atoms with van der Waals surface area (Å²) in [4.78, 5) is 21.1. The van der Waals surface area contributed by atoms with E-state index in [1.165, 1.54) is 17.3 Å². The molecule has 0 spiro atoms. The molecular formula is C21H23N3OS2. The zero-order valence-corrected chi connectivity index (χ0v) is 17.4. The molecule has 2 aromatic heterocycles. The first-order chi connectivity index (χ1) is 13.2. The van der Waals surface area contributed by atoms with E-state index in [1.807, 2.05) is 25.3 Å². The molecule has 3 aromatic rings. The minimum atomic E-state index is 0.492. The van der Waals surface area contributed by atoms with E-state index in [0.29, 0.717) is 12.3 Å². The van der Waals surface area contributed by atoms with Crippen LogP contribution in [0.4, 0.5) is 0 Å². The Labute approximate surface area is 168 Å². The fourth-order valence-electron chi connectivity index (χ4n) is 2.48. The van der Waals surface area contributed by atoms with Gasteiger partial charge in [-0.05, 0) is 36.7 Å². The normalized spacial score (nSPS) is 10.9. The summed E-state index contributed by atoms with van der Waals surface area (Å²) in [6.45, 7) is 9.79. The minimum absolute atomic E-state index is 0.492. The summed E-state index contributed by atoms with van der Waals surface area (Å²) < 4.78 is 0. The fourth-order valence-corrected chi connectivity index (χ4v) is 4.30. The highest BCUT2D eigenvalue weighted by atomic mass is 32.2. The predicted octanol–water partition coefficient (Wildman–Crippen LogP) is 5.73. The lowest BCUT2D eigenvalue weighted by Crippen LogP contribution is -2.07. The van der Waals surface area contributed by atoms with Crippen molar-refractivity contribution in [2.45, 2.75) is 20.8 Å². The first-order valence-electron chi connectivity index (χ1n) is 8.65. The Morgan fingerprint density at radius 1 is 1.30 bits per heavy atom. The van der Waals surface area contributed by atoms with Gasteiger partial charge < -0.3 is 5.32 Å². The summed E-state index contributed by atoms with van der Waals surface area (Å²) in [5.74, 6) is 0.492. The first kappa shape index (κ1) is 20.9. The summed E-state index contributed by atoms with van der Waals surface area (Å²) in [6.07, 6.45) is 2.48. The van der Waals surface area contributed by atoms with Gasteiger partial charge in [0.05, 0.1) is 16.5 Å². The maximum absolute atomic E-state index is 10.4. The highest BCUT2D eigenvalue weighted by Crippen LogP contribution is 2.42. The Hall–Kier alpha value is -2.44. The maximum Gasteiger partial charge on any atom is 0.207 e. The van der Waals surface area contributed by atoms with Crippen molar-refractivity contribution in [1.82, 2.24) is 10.3 Å². The van der Waals surface area contributed by atoms with Crippen molar-refractivity contribution in [3.8, 4) is 11.1 Å². The Kier molecular flexibility index (Phi) is 8.23. The van der Waals surface area contributed by atoms with E-state index < -0.39 is 0 Å². The smallest absolute Gasteiger partial charge is 0.207 e. The van der Waals surface area contributed by atoms with Gasteiger partial charge >= 0.3 is 0 Å². The Morgan fingerprint density at radius 2 is 2.04 bits per heavy atom. The largest absolute Gasteiger partial charge is 0.349 e. The average Bonchev–Trinajstić information content (AvgIpc) is 3.09. The van der Waals surface area contributed by atoms with Crippen molar-refractivity contribution in [3.05, 3.63) is 58.4 Å². The molecule has 6 heteroatoms.